The summed E-state index contributed by atoms with van der Waals surface area (Å²) in [5.74, 6) is 1.02. The molecule has 1 N–H and O–H groups in total. The SMILES string of the molecule is CC(C)CCCC(C)NC(=O)C(C)Oc1ccc(Cl)cc1Cl. The van der Waals surface area contributed by atoms with Crippen molar-refractivity contribution in [1.29, 1.82) is 0 Å². The first-order valence-corrected chi connectivity index (χ1v) is 8.47. The van der Waals surface area contributed by atoms with Gasteiger partial charge in [-0.3, -0.25) is 4.79 Å². The first kappa shape index (κ1) is 19.1. The maximum Gasteiger partial charge on any atom is 0.260 e. The van der Waals surface area contributed by atoms with Crippen LogP contribution in [0, 0.1) is 5.92 Å². The van der Waals surface area contributed by atoms with Gasteiger partial charge in [-0.2, -0.15) is 0 Å². The van der Waals surface area contributed by atoms with Crippen LogP contribution < -0.4 is 10.1 Å². The van der Waals surface area contributed by atoms with Crippen LogP contribution in [0.4, 0.5) is 0 Å². The number of nitrogens with one attached hydrogen (secondary N) is 1. The number of carbonyl (C=O) groups is 1. The van der Waals surface area contributed by atoms with Crippen molar-refractivity contribution in [2.24, 2.45) is 5.92 Å². The van der Waals surface area contributed by atoms with E-state index in [4.69, 9.17) is 27.9 Å². The van der Waals surface area contributed by atoms with Gasteiger partial charge in [0.25, 0.3) is 5.91 Å². The minimum absolute atomic E-state index is 0.136. The minimum Gasteiger partial charge on any atom is -0.479 e. The standard InChI is InChI=1S/C17H25Cl2NO2/c1-11(2)6-5-7-12(3)20-17(21)13(4)22-16-9-8-14(18)10-15(16)19/h8-13H,5-7H2,1-4H3,(H,20,21). The predicted molar refractivity (Wildman–Crippen MR) is 92.8 cm³/mol. The molecular formula is C17H25Cl2NO2. The molecule has 0 heterocycles. The summed E-state index contributed by atoms with van der Waals surface area (Å²) >= 11 is 11.9. The Bertz CT molecular complexity index is 492. The second-order valence-corrected chi connectivity index (χ2v) is 6.91. The molecule has 1 rings (SSSR count). The Kier molecular flexibility index (Phi) is 8.05. The van der Waals surface area contributed by atoms with Gasteiger partial charge >= 0.3 is 0 Å². The van der Waals surface area contributed by atoms with Gasteiger partial charge in [0, 0.05) is 11.1 Å². The summed E-state index contributed by atoms with van der Waals surface area (Å²) in [5, 5.41) is 3.91. The molecule has 5 heteroatoms. The molecule has 2 atom stereocenters. The van der Waals surface area contributed by atoms with Gasteiger partial charge in [-0.15, -0.1) is 0 Å². The molecule has 0 fully saturated rings. The van der Waals surface area contributed by atoms with E-state index >= 15 is 0 Å². The first-order chi connectivity index (χ1) is 10.3. The molecule has 0 aromatic heterocycles. The van der Waals surface area contributed by atoms with Crippen LogP contribution in [0.3, 0.4) is 0 Å². The van der Waals surface area contributed by atoms with Gasteiger partial charge in [0.05, 0.1) is 5.02 Å². The van der Waals surface area contributed by atoms with E-state index in [0.29, 0.717) is 21.7 Å². The Morgan fingerprint density at radius 2 is 1.86 bits per heavy atom. The van der Waals surface area contributed by atoms with Crippen molar-refractivity contribution < 1.29 is 9.53 Å². The lowest BCUT2D eigenvalue weighted by Crippen LogP contribution is -2.41. The van der Waals surface area contributed by atoms with E-state index in [1.165, 1.54) is 6.42 Å². The highest BCUT2D eigenvalue weighted by atomic mass is 35.5. The number of halogens is 2. The highest BCUT2D eigenvalue weighted by Crippen LogP contribution is 2.28. The molecule has 0 spiro atoms. The van der Waals surface area contributed by atoms with Crippen LogP contribution in [0.1, 0.15) is 47.0 Å². The van der Waals surface area contributed by atoms with Crippen LogP contribution in [0.5, 0.6) is 5.75 Å². The van der Waals surface area contributed by atoms with Crippen LogP contribution in [-0.4, -0.2) is 18.1 Å². The van der Waals surface area contributed by atoms with Crippen LogP contribution in [-0.2, 0) is 4.79 Å². The van der Waals surface area contributed by atoms with Crippen LogP contribution in [0.2, 0.25) is 10.0 Å². The summed E-state index contributed by atoms with van der Waals surface area (Å²) in [6.45, 7) is 8.13. The van der Waals surface area contributed by atoms with Crippen molar-refractivity contribution in [3.8, 4) is 5.75 Å². The summed E-state index contributed by atoms with van der Waals surface area (Å²) in [6, 6.07) is 5.08. The maximum atomic E-state index is 12.1. The maximum absolute atomic E-state index is 12.1. The average Bonchev–Trinajstić information content (AvgIpc) is 2.41. The molecule has 22 heavy (non-hydrogen) atoms. The minimum atomic E-state index is -0.605. The topological polar surface area (TPSA) is 38.3 Å². The molecule has 124 valence electrons. The lowest BCUT2D eigenvalue weighted by atomic mass is 10.0. The third-order valence-electron chi connectivity index (χ3n) is 3.37. The molecule has 0 aliphatic carbocycles. The number of hydrogen-bond acceptors (Lipinski definition) is 2. The smallest absolute Gasteiger partial charge is 0.260 e. The van der Waals surface area contributed by atoms with Gasteiger partial charge in [-0.1, -0.05) is 49.9 Å². The second kappa shape index (κ2) is 9.26. The number of rotatable bonds is 8. The quantitative estimate of drug-likeness (QED) is 0.712. The summed E-state index contributed by atoms with van der Waals surface area (Å²) in [7, 11) is 0. The Hall–Kier alpha value is -0.930. The lowest BCUT2D eigenvalue weighted by molar-refractivity contribution is -0.127. The zero-order valence-corrected chi connectivity index (χ0v) is 15.2. The number of carbonyl (C=O) groups excluding carboxylic acids is 1. The van der Waals surface area contributed by atoms with E-state index in [-0.39, 0.29) is 11.9 Å². The number of ether oxygens (including phenoxy) is 1. The predicted octanol–water partition coefficient (Wildman–Crippen LogP) is 5.09. The van der Waals surface area contributed by atoms with E-state index in [2.05, 4.69) is 19.2 Å². The first-order valence-electron chi connectivity index (χ1n) is 7.71. The van der Waals surface area contributed by atoms with Gasteiger partial charge in [-0.05, 0) is 44.4 Å². The summed E-state index contributed by atoms with van der Waals surface area (Å²) in [6.07, 6.45) is 2.65. The number of hydrogen-bond donors (Lipinski definition) is 1. The molecule has 0 saturated heterocycles. The third kappa shape index (κ3) is 6.89. The Morgan fingerprint density at radius 1 is 1.18 bits per heavy atom. The van der Waals surface area contributed by atoms with Crippen molar-refractivity contribution in [2.75, 3.05) is 0 Å². The summed E-state index contributed by atoms with van der Waals surface area (Å²) in [4.78, 5) is 12.1. The van der Waals surface area contributed by atoms with E-state index < -0.39 is 6.10 Å². The van der Waals surface area contributed by atoms with Crippen molar-refractivity contribution in [2.45, 2.75) is 59.1 Å². The van der Waals surface area contributed by atoms with E-state index in [1.807, 2.05) is 6.92 Å². The van der Waals surface area contributed by atoms with E-state index in [9.17, 15) is 4.79 Å². The van der Waals surface area contributed by atoms with E-state index in [0.717, 1.165) is 12.8 Å². The molecule has 0 aliphatic heterocycles. The normalized spacial score (nSPS) is 13.8. The van der Waals surface area contributed by atoms with Gasteiger partial charge in [0.2, 0.25) is 0 Å². The highest BCUT2D eigenvalue weighted by Gasteiger charge is 2.18. The summed E-state index contributed by atoms with van der Waals surface area (Å²) < 4.78 is 5.60. The molecule has 1 aromatic rings. The molecule has 0 aliphatic rings. The Balaban J connectivity index is 2.44. The zero-order chi connectivity index (χ0) is 16.7. The molecular weight excluding hydrogens is 321 g/mol. The largest absolute Gasteiger partial charge is 0.479 e. The Labute approximate surface area is 143 Å². The van der Waals surface area contributed by atoms with E-state index in [1.54, 1.807) is 25.1 Å². The molecule has 0 radical (unpaired) electrons. The molecule has 2 unspecified atom stereocenters. The molecule has 0 bridgehead atoms. The Morgan fingerprint density at radius 3 is 2.45 bits per heavy atom. The number of amides is 1. The van der Waals surface area contributed by atoms with Gasteiger partial charge in [-0.25, -0.2) is 0 Å². The summed E-state index contributed by atoms with van der Waals surface area (Å²) in [5.41, 5.74) is 0. The monoisotopic (exact) mass is 345 g/mol. The van der Waals surface area contributed by atoms with Crippen molar-refractivity contribution >= 4 is 29.1 Å². The fourth-order valence-corrected chi connectivity index (χ4v) is 2.53. The fourth-order valence-electron chi connectivity index (χ4n) is 2.08. The third-order valence-corrected chi connectivity index (χ3v) is 3.90. The van der Waals surface area contributed by atoms with Gasteiger partial charge in [0.15, 0.2) is 6.10 Å². The molecule has 1 aromatic carbocycles. The van der Waals surface area contributed by atoms with Crippen LogP contribution in [0.15, 0.2) is 18.2 Å². The zero-order valence-electron chi connectivity index (χ0n) is 13.7. The molecule has 3 nitrogen and oxygen atoms in total. The average molecular weight is 346 g/mol. The lowest BCUT2D eigenvalue weighted by Gasteiger charge is -2.19. The molecule has 1 amide bonds. The van der Waals surface area contributed by atoms with Gasteiger partial charge in [0.1, 0.15) is 5.75 Å². The highest BCUT2D eigenvalue weighted by molar-refractivity contribution is 6.35. The fraction of sp³-hybridized carbons (Fsp3) is 0.588. The number of benzene rings is 1. The van der Waals surface area contributed by atoms with Crippen molar-refractivity contribution in [3.63, 3.8) is 0 Å². The van der Waals surface area contributed by atoms with Crippen LogP contribution >= 0.6 is 23.2 Å². The van der Waals surface area contributed by atoms with Crippen molar-refractivity contribution in [1.82, 2.24) is 5.32 Å². The van der Waals surface area contributed by atoms with Gasteiger partial charge < -0.3 is 10.1 Å². The molecule has 0 saturated carbocycles. The van der Waals surface area contributed by atoms with Crippen LogP contribution in [0.25, 0.3) is 0 Å². The van der Waals surface area contributed by atoms with Crippen molar-refractivity contribution in [3.05, 3.63) is 28.2 Å². The second-order valence-electron chi connectivity index (χ2n) is 6.07.